The van der Waals surface area contributed by atoms with E-state index in [1.54, 1.807) is 0 Å². The van der Waals surface area contributed by atoms with Gasteiger partial charge in [0.2, 0.25) is 5.91 Å². The van der Waals surface area contributed by atoms with Gasteiger partial charge in [0.1, 0.15) is 0 Å². The Morgan fingerprint density at radius 1 is 1.28 bits per heavy atom. The van der Waals surface area contributed by atoms with Crippen LogP contribution in [0.5, 0.6) is 0 Å². The topological polar surface area (TPSA) is 44.4 Å². The first kappa shape index (κ1) is 13.3. The van der Waals surface area contributed by atoms with Crippen LogP contribution in [-0.4, -0.2) is 43.5 Å². The first-order valence-electron chi connectivity index (χ1n) is 6.18. The molecule has 0 bridgehead atoms. The van der Waals surface area contributed by atoms with E-state index >= 15 is 0 Å². The summed E-state index contributed by atoms with van der Waals surface area (Å²) in [5.41, 5.74) is 1.06. The Hall–Kier alpha value is -1.10. The standard InChI is InChI=1S/C13H18ClN3O/c14-12-3-1-11(2-4-12)9-16-13(18)10-17-7-5-15-6-8-17/h1-4,15H,5-10H2,(H,16,18). The largest absolute Gasteiger partial charge is 0.351 e. The van der Waals surface area contributed by atoms with Gasteiger partial charge in [-0.1, -0.05) is 23.7 Å². The van der Waals surface area contributed by atoms with Crippen LogP contribution in [0.15, 0.2) is 24.3 Å². The van der Waals surface area contributed by atoms with Crippen molar-refractivity contribution in [3.05, 3.63) is 34.9 Å². The second kappa shape index (κ2) is 6.73. The molecule has 1 aliphatic heterocycles. The Kier molecular flexibility index (Phi) is 4.99. The third kappa shape index (κ3) is 4.29. The van der Waals surface area contributed by atoms with Crippen molar-refractivity contribution in [2.75, 3.05) is 32.7 Å². The number of nitrogens with zero attached hydrogens (tertiary/aromatic N) is 1. The summed E-state index contributed by atoms with van der Waals surface area (Å²) in [5, 5.41) is 6.90. The van der Waals surface area contributed by atoms with E-state index in [0.29, 0.717) is 18.1 Å². The molecule has 0 aliphatic carbocycles. The molecular weight excluding hydrogens is 250 g/mol. The zero-order valence-electron chi connectivity index (χ0n) is 10.3. The van der Waals surface area contributed by atoms with E-state index in [9.17, 15) is 4.79 Å². The molecule has 1 aromatic carbocycles. The maximum Gasteiger partial charge on any atom is 0.234 e. The number of amides is 1. The van der Waals surface area contributed by atoms with Crippen LogP contribution in [0.1, 0.15) is 5.56 Å². The van der Waals surface area contributed by atoms with E-state index in [2.05, 4.69) is 15.5 Å². The van der Waals surface area contributed by atoms with E-state index in [4.69, 9.17) is 11.6 Å². The average molecular weight is 268 g/mol. The Bertz CT molecular complexity index is 388. The van der Waals surface area contributed by atoms with Crippen LogP contribution >= 0.6 is 11.6 Å². The highest BCUT2D eigenvalue weighted by molar-refractivity contribution is 6.30. The van der Waals surface area contributed by atoms with Crippen molar-refractivity contribution >= 4 is 17.5 Å². The number of hydrogen-bond donors (Lipinski definition) is 2. The summed E-state index contributed by atoms with van der Waals surface area (Å²) in [6.07, 6.45) is 0. The smallest absolute Gasteiger partial charge is 0.234 e. The Morgan fingerprint density at radius 2 is 1.94 bits per heavy atom. The highest BCUT2D eigenvalue weighted by Crippen LogP contribution is 2.09. The molecule has 1 aliphatic rings. The molecule has 0 aromatic heterocycles. The van der Waals surface area contributed by atoms with E-state index in [1.165, 1.54) is 0 Å². The maximum atomic E-state index is 11.8. The van der Waals surface area contributed by atoms with Crippen LogP contribution in [-0.2, 0) is 11.3 Å². The molecule has 1 fully saturated rings. The van der Waals surface area contributed by atoms with Crippen molar-refractivity contribution in [3.63, 3.8) is 0 Å². The lowest BCUT2D eigenvalue weighted by molar-refractivity contribution is -0.122. The molecule has 5 heteroatoms. The van der Waals surface area contributed by atoms with E-state index in [0.717, 1.165) is 31.7 Å². The number of rotatable bonds is 4. The van der Waals surface area contributed by atoms with Gasteiger partial charge in [-0.25, -0.2) is 0 Å². The molecule has 18 heavy (non-hydrogen) atoms. The number of nitrogens with one attached hydrogen (secondary N) is 2. The average Bonchev–Trinajstić information content (AvgIpc) is 2.39. The zero-order chi connectivity index (χ0) is 12.8. The number of piperazine rings is 1. The number of hydrogen-bond acceptors (Lipinski definition) is 3. The van der Waals surface area contributed by atoms with Gasteiger partial charge >= 0.3 is 0 Å². The molecule has 0 radical (unpaired) electrons. The number of carbonyl (C=O) groups is 1. The van der Waals surface area contributed by atoms with Crippen molar-refractivity contribution in [2.45, 2.75) is 6.54 Å². The summed E-state index contributed by atoms with van der Waals surface area (Å²) >= 11 is 5.80. The molecular formula is C13H18ClN3O. The van der Waals surface area contributed by atoms with Crippen LogP contribution < -0.4 is 10.6 Å². The molecule has 4 nitrogen and oxygen atoms in total. The first-order chi connectivity index (χ1) is 8.74. The Morgan fingerprint density at radius 3 is 2.61 bits per heavy atom. The number of benzene rings is 1. The molecule has 2 N–H and O–H groups in total. The summed E-state index contributed by atoms with van der Waals surface area (Å²) in [4.78, 5) is 13.9. The molecule has 1 saturated heterocycles. The van der Waals surface area contributed by atoms with Crippen molar-refractivity contribution in [2.24, 2.45) is 0 Å². The van der Waals surface area contributed by atoms with E-state index in [-0.39, 0.29) is 5.91 Å². The second-order valence-electron chi connectivity index (χ2n) is 4.43. The van der Waals surface area contributed by atoms with E-state index < -0.39 is 0 Å². The Labute approximate surface area is 112 Å². The quantitative estimate of drug-likeness (QED) is 0.851. The third-order valence-corrected chi connectivity index (χ3v) is 3.23. The molecule has 1 amide bonds. The van der Waals surface area contributed by atoms with E-state index in [1.807, 2.05) is 24.3 Å². The van der Waals surface area contributed by atoms with Gasteiger partial charge in [0.15, 0.2) is 0 Å². The van der Waals surface area contributed by atoms with Gasteiger partial charge in [-0.05, 0) is 17.7 Å². The molecule has 1 aromatic rings. The van der Waals surface area contributed by atoms with Gasteiger partial charge < -0.3 is 10.6 Å². The van der Waals surface area contributed by atoms with Gasteiger partial charge in [-0.2, -0.15) is 0 Å². The minimum absolute atomic E-state index is 0.0758. The molecule has 0 atom stereocenters. The zero-order valence-corrected chi connectivity index (χ0v) is 11.0. The predicted molar refractivity (Wildman–Crippen MR) is 72.6 cm³/mol. The van der Waals surface area contributed by atoms with Crippen LogP contribution in [0.25, 0.3) is 0 Å². The monoisotopic (exact) mass is 267 g/mol. The Balaban J connectivity index is 1.72. The molecule has 98 valence electrons. The van der Waals surface area contributed by atoms with Crippen LogP contribution in [0, 0.1) is 0 Å². The number of halogens is 1. The molecule has 1 heterocycles. The highest BCUT2D eigenvalue weighted by Gasteiger charge is 2.12. The fraction of sp³-hybridized carbons (Fsp3) is 0.462. The van der Waals surface area contributed by atoms with Gasteiger partial charge in [-0.15, -0.1) is 0 Å². The minimum Gasteiger partial charge on any atom is -0.351 e. The molecule has 0 spiro atoms. The summed E-state index contributed by atoms with van der Waals surface area (Å²) in [6.45, 7) is 4.84. The summed E-state index contributed by atoms with van der Waals surface area (Å²) in [5.74, 6) is 0.0758. The molecule has 2 rings (SSSR count). The fourth-order valence-electron chi connectivity index (χ4n) is 1.93. The van der Waals surface area contributed by atoms with Crippen LogP contribution in [0.2, 0.25) is 5.02 Å². The number of carbonyl (C=O) groups excluding carboxylic acids is 1. The van der Waals surface area contributed by atoms with Gasteiger partial charge in [-0.3, -0.25) is 9.69 Å². The highest BCUT2D eigenvalue weighted by atomic mass is 35.5. The van der Waals surface area contributed by atoms with Crippen molar-refractivity contribution < 1.29 is 4.79 Å². The lowest BCUT2D eigenvalue weighted by Crippen LogP contribution is -2.47. The van der Waals surface area contributed by atoms with Gasteiger partial charge in [0.25, 0.3) is 0 Å². The SMILES string of the molecule is O=C(CN1CCNCC1)NCc1ccc(Cl)cc1. The molecule has 0 saturated carbocycles. The maximum absolute atomic E-state index is 11.8. The third-order valence-electron chi connectivity index (χ3n) is 2.98. The second-order valence-corrected chi connectivity index (χ2v) is 4.87. The predicted octanol–water partition coefficient (Wildman–Crippen LogP) is 0.861. The van der Waals surface area contributed by atoms with Crippen LogP contribution in [0.3, 0.4) is 0 Å². The lowest BCUT2D eigenvalue weighted by Gasteiger charge is -2.26. The van der Waals surface area contributed by atoms with Gasteiger partial charge in [0.05, 0.1) is 6.54 Å². The summed E-state index contributed by atoms with van der Waals surface area (Å²) in [6, 6.07) is 7.51. The lowest BCUT2D eigenvalue weighted by atomic mass is 10.2. The van der Waals surface area contributed by atoms with Crippen LogP contribution in [0.4, 0.5) is 0 Å². The minimum atomic E-state index is 0.0758. The van der Waals surface area contributed by atoms with Crippen molar-refractivity contribution in [3.8, 4) is 0 Å². The fourth-order valence-corrected chi connectivity index (χ4v) is 2.06. The van der Waals surface area contributed by atoms with Crippen molar-refractivity contribution in [1.29, 1.82) is 0 Å². The van der Waals surface area contributed by atoms with Crippen molar-refractivity contribution in [1.82, 2.24) is 15.5 Å². The summed E-state index contributed by atoms with van der Waals surface area (Å²) < 4.78 is 0. The molecule has 0 unspecified atom stereocenters. The normalized spacial score (nSPS) is 16.5. The first-order valence-corrected chi connectivity index (χ1v) is 6.56. The van der Waals surface area contributed by atoms with Gasteiger partial charge in [0, 0.05) is 37.7 Å². The summed E-state index contributed by atoms with van der Waals surface area (Å²) in [7, 11) is 0.